The number of ether oxygens (including phenoxy) is 4. The number of rotatable bonds is 18. The predicted octanol–water partition coefficient (Wildman–Crippen LogP) is 9.11. The quantitative estimate of drug-likeness (QED) is 0.0744. The number of oxime groups is 1. The third-order valence-electron chi connectivity index (χ3n) is 11.4. The van der Waals surface area contributed by atoms with E-state index in [0.29, 0.717) is 35.6 Å². The van der Waals surface area contributed by atoms with Crippen molar-refractivity contribution in [3.63, 3.8) is 0 Å². The van der Waals surface area contributed by atoms with E-state index in [1.165, 1.54) is 6.07 Å². The summed E-state index contributed by atoms with van der Waals surface area (Å²) in [4.78, 5) is 21.8. The number of hydrogen-bond acceptors (Lipinski definition) is 9. The zero-order chi connectivity index (χ0) is 41.3. The number of allylic oxidation sites excluding steroid dienone is 1. The number of aliphatic hydroxyl groups is 2. The third-order valence-corrected chi connectivity index (χ3v) is 11.4. The summed E-state index contributed by atoms with van der Waals surface area (Å²) in [6.07, 6.45) is 8.21. The fraction of sp³-hybridized carbons (Fsp3) is 0.489. The summed E-state index contributed by atoms with van der Waals surface area (Å²) in [7, 11) is 1.71. The Morgan fingerprint density at radius 2 is 1.72 bits per heavy atom. The molecule has 1 saturated carbocycles. The monoisotopic (exact) mass is 798 g/mol. The molecule has 3 aromatic carbocycles. The van der Waals surface area contributed by atoms with Crippen LogP contribution < -0.4 is 9.47 Å². The van der Waals surface area contributed by atoms with E-state index in [4.69, 9.17) is 28.9 Å². The molecule has 6 atom stereocenters. The summed E-state index contributed by atoms with van der Waals surface area (Å²) in [5.74, 6) is -1.22. The predicted molar refractivity (Wildman–Crippen MR) is 221 cm³/mol. The summed E-state index contributed by atoms with van der Waals surface area (Å²) in [5, 5.41) is 24.6. The first-order valence-electron chi connectivity index (χ1n) is 20.6. The number of fused-ring (bicyclic) bond motifs is 2. The van der Waals surface area contributed by atoms with Gasteiger partial charge in [0.2, 0.25) is 5.79 Å². The molecule has 312 valence electrons. The highest BCUT2D eigenvalue weighted by atomic mass is 19.1. The van der Waals surface area contributed by atoms with Gasteiger partial charge in [-0.15, -0.1) is 6.58 Å². The van der Waals surface area contributed by atoms with Crippen LogP contribution in [0.15, 0.2) is 102 Å². The van der Waals surface area contributed by atoms with Gasteiger partial charge >= 0.3 is 6.09 Å². The number of aliphatic hydroxyl groups excluding tert-OH is 2. The highest BCUT2D eigenvalue weighted by Crippen LogP contribution is 2.62. The van der Waals surface area contributed by atoms with Crippen molar-refractivity contribution in [3.05, 3.63) is 120 Å². The van der Waals surface area contributed by atoms with Crippen LogP contribution in [0.25, 0.3) is 0 Å². The lowest BCUT2D eigenvalue weighted by molar-refractivity contribution is -0.253. The number of carbonyl (C=O) groups is 1. The summed E-state index contributed by atoms with van der Waals surface area (Å²) in [5.41, 5.74) is 3.23. The SMILES string of the molecule is C=CCOC12Oc3ccc(OCc4ccccc4F)cc3C3C(CCCCO)C(CCCCO)C=C(C(=NOC(C)(C)C)CC1N(C)C(=O)OCc1ccccc1)C32. The van der Waals surface area contributed by atoms with Crippen LogP contribution in [0, 0.1) is 23.6 Å². The van der Waals surface area contributed by atoms with Gasteiger partial charge in [0.15, 0.2) is 0 Å². The lowest BCUT2D eigenvalue weighted by Gasteiger charge is -2.59. The second-order valence-electron chi connectivity index (χ2n) is 16.5. The first-order valence-corrected chi connectivity index (χ1v) is 20.6. The van der Waals surface area contributed by atoms with Gasteiger partial charge in [-0.1, -0.05) is 78.7 Å². The van der Waals surface area contributed by atoms with E-state index in [2.05, 4.69) is 12.7 Å². The van der Waals surface area contributed by atoms with Gasteiger partial charge in [-0.25, -0.2) is 9.18 Å². The Hall–Kier alpha value is -4.71. The Morgan fingerprint density at radius 1 is 1.00 bits per heavy atom. The molecule has 1 amide bonds. The summed E-state index contributed by atoms with van der Waals surface area (Å²) in [6.45, 7) is 10.3. The van der Waals surface area contributed by atoms with Crippen LogP contribution in [-0.4, -0.2) is 71.2 Å². The van der Waals surface area contributed by atoms with Crippen LogP contribution in [0.1, 0.15) is 88.3 Å². The standard InChI is InChI=1S/C47H59FN2O8/c1-6-26-56-47-42(50(5)45(53)55-30-32-16-8-7-9-17-32)29-40(49-58-46(2,3)4)37-27-33(18-12-14-24-51)36(20-13-15-25-52)43(44(37)47)38-28-35(22-23-41(38)57-47)54-31-34-19-10-11-21-39(34)48/h6-11,16-17,19,21-23,27-28,33,36,42-44,51-52H,1,12-15,18,20,24-26,29-31H2,2-5H3. The molecule has 1 fully saturated rings. The zero-order valence-corrected chi connectivity index (χ0v) is 34.3. The van der Waals surface area contributed by atoms with Crippen LogP contribution in [0.3, 0.4) is 0 Å². The maximum atomic E-state index is 14.7. The molecule has 6 rings (SSSR count). The number of unbranched alkanes of at least 4 members (excludes halogenated alkanes) is 2. The summed E-state index contributed by atoms with van der Waals surface area (Å²) in [6, 6.07) is 21.1. The first-order chi connectivity index (χ1) is 28.0. The Bertz CT molecular complexity index is 1910. The normalized spacial score (nSPS) is 24.2. The van der Waals surface area contributed by atoms with Crippen molar-refractivity contribution in [2.75, 3.05) is 26.9 Å². The van der Waals surface area contributed by atoms with E-state index in [-0.39, 0.29) is 63.0 Å². The van der Waals surface area contributed by atoms with Gasteiger partial charge in [-0.2, -0.15) is 0 Å². The van der Waals surface area contributed by atoms with Crippen LogP contribution in [0.4, 0.5) is 9.18 Å². The second-order valence-corrected chi connectivity index (χ2v) is 16.5. The van der Waals surface area contributed by atoms with Gasteiger partial charge in [0, 0.05) is 43.7 Å². The molecule has 0 bridgehead atoms. The van der Waals surface area contributed by atoms with Crippen LogP contribution >= 0.6 is 0 Å². The number of carbonyl (C=O) groups excluding carboxylic acids is 1. The highest BCUT2D eigenvalue weighted by Gasteiger charge is 2.65. The maximum Gasteiger partial charge on any atom is 0.410 e. The number of benzene rings is 3. The maximum absolute atomic E-state index is 14.7. The molecule has 1 aliphatic heterocycles. The molecule has 0 spiro atoms. The molecule has 2 N–H and O–H groups in total. The van der Waals surface area contributed by atoms with Gasteiger partial charge < -0.3 is 38.9 Å². The molecule has 6 unspecified atom stereocenters. The van der Waals surface area contributed by atoms with Gasteiger partial charge in [0.1, 0.15) is 42.2 Å². The minimum absolute atomic E-state index is 0.0361. The number of likely N-dealkylation sites (N-methyl/N-ethyl adjacent to an activating group) is 1. The summed E-state index contributed by atoms with van der Waals surface area (Å²) < 4.78 is 41.0. The van der Waals surface area contributed by atoms with Gasteiger partial charge in [-0.05, 0) is 93.7 Å². The molecule has 3 aromatic rings. The topological polar surface area (TPSA) is 119 Å². The van der Waals surface area contributed by atoms with Crippen molar-refractivity contribution >= 4 is 11.8 Å². The largest absolute Gasteiger partial charge is 0.489 e. The third kappa shape index (κ3) is 9.76. The average Bonchev–Trinajstić information content (AvgIpc) is 3.22. The van der Waals surface area contributed by atoms with Gasteiger partial charge in [0.25, 0.3) is 0 Å². The number of amides is 1. The molecule has 10 nitrogen and oxygen atoms in total. The molecular formula is C47H59FN2O8. The molecule has 1 heterocycles. The molecule has 3 aliphatic rings. The Morgan fingerprint density at radius 3 is 2.43 bits per heavy atom. The zero-order valence-electron chi connectivity index (χ0n) is 34.3. The van der Waals surface area contributed by atoms with E-state index >= 15 is 0 Å². The molecule has 0 aromatic heterocycles. The molecule has 0 radical (unpaired) electrons. The lowest BCUT2D eigenvalue weighted by atomic mass is 9.55. The van der Waals surface area contributed by atoms with Crippen LogP contribution in [0.5, 0.6) is 11.5 Å². The van der Waals surface area contributed by atoms with Crippen molar-refractivity contribution in [3.8, 4) is 11.5 Å². The van der Waals surface area contributed by atoms with Crippen LogP contribution in [0.2, 0.25) is 0 Å². The van der Waals surface area contributed by atoms with E-state index in [0.717, 1.165) is 42.4 Å². The van der Waals surface area contributed by atoms with E-state index < -0.39 is 29.4 Å². The van der Waals surface area contributed by atoms with Crippen LogP contribution in [-0.2, 0) is 27.5 Å². The Labute approximate surface area is 342 Å². The minimum Gasteiger partial charge on any atom is -0.489 e. The van der Waals surface area contributed by atoms with E-state index in [1.54, 1.807) is 36.2 Å². The number of halogens is 1. The Balaban J connectivity index is 1.52. The van der Waals surface area contributed by atoms with Crippen molar-refractivity contribution in [1.82, 2.24) is 4.90 Å². The smallest absolute Gasteiger partial charge is 0.410 e. The molecule has 58 heavy (non-hydrogen) atoms. The molecular weight excluding hydrogens is 740 g/mol. The fourth-order valence-corrected chi connectivity index (χ4v) is 8.73. The molecule has 11 heteroatoms. The second kappa shape index (κ2) is 19.4. The molecule has 0 saturated heterocycles. The highest BCUT2D eigenvalue weighted by molar-refractivity contribution is 6.03. The van der Waals surface area contributed by atoms with Crippen molar-refractivity contribution < 1.29 is 43.2 Å². The lowest BCUT2D eigenvalue weighted by Crippen LogP contribution is -2.69. The summed E-state index contributed by atoms with van der Waals surface area (Å²) >= 11 is 0. The number of hydrogen-bond donors (Lipinski definition) is 2. The average molecular weight is 799 g/mol. The Kier molecular flexibility index (Phi) is 14.3. The minimum atomic E-state index is -1.42. The van der Waals surface area contributed by atoms with Gasteiger partial charge in [-0.3, -0.25) is 0 Å². The van der Waals surface area contributed by atoms with Crippen molar-refractivity contribution in [2.24, 2.45) is 22.9 Å². The van der Waals surface area contributed by atoms with E-state index in [1.807, 2.05) is 69.3 Å². The first kappa shape index (κ1) is 42.9. The van der Waals surface area contributed by atoms with E-state index in [9.17, 15) is 19.4 Å². The van der Waals surface area contributed by atoms with Crippen molar-refractivity contribution in [1.29, 1.82) is 0 Å². The number of nitrogens with zero attached hydrogens (tertiary/aromatic N) is 2. The fourth-order valence-electron chi connectivity index (χ4n) is 8.73. The van der Waals surface area contributed by atoms with Gasteiger partial charge in [0.05, 0.1) is 18.2 Å². The van der Waals surface area contributed by atoms with Crippen molar-refractivity contribution in [2.45, 2.75) is 102 Å². The molecule has 2 aliphatic carbocycles.